The predicted molar refractivity (Wildman–Crippen MR) is 106 cm³/mol. The number of benzene rings is 2. The Morgan fingerprint density at radius 1 is 1.11 bits per heavy atom. The lowest BCUT2D eigenvalue weighted by Crippen LogP contribution is -2.18. The van der Waals surface area contributed by atoms with E-state index in [1.807, 2.05) is 25.1 Å². The largest absolute Gasteiger partial charge is 0.462 e. The Morgan fingerprint density at radius 2 is 1.93 bits per heavy atom. The maximum Gasteiger partial charge on any atom is 0.338 e. The number of hydrogen-bond donors (Lipinski definition) is 1. The lowest BCUT2D eigenvalue weighted by molar-refractivity contribution is 0.0526. The molecule has 28 heavy (non-hydrogen) atoms. The molecule has 0 bridgehead atoms. The average Bonchev–Trinajstić information content (AvgIpc) is 3.17. The van der Waals surface area contributed by atoms with Gasteiger partial charge in [0.2, 0.25) is 0 Å². The van der Waals surface area contributed by atoms with Crippen LogP contribution in [-0.2, 0) is 4.74 Å². The number of nitrogens with one attached hydrogen (secondary N) is 1. The lowest BCUT2D eigenvalue weighted by Gasteiger charge is -2.03. The summed E-state index contributed by atoms with van der Waals surface area (Å²) in [4.78, 5) is 24.0. The van der Waals surface area contributed by atoms with Gasteiger partial charge in [0.1, 0.15) is 11.5 Å². The molecule has 0 aliphatic carbocycles. The second-order valence-electron chi connectivity index (χ2n) is 6.02. The standard InChI is InChI=1S/C22H20N2O4/c1-3-27-22(26)17-9-6-8-16(13-17)20-12-11-18(28-20)14-23-24-21(25)19-10-5-4-7-15(19)2/h4-14H,3H2,1-2H3,(H,24,25)/b23-14+. The van der Waals surface area contributed by atoms with Crippen LogP contribution >= 0.6 is 0 Å². The van der Waals surface area contributed by atoms with Crippen LogP contribution in [0.5, 0.6) is 0 Å². The van der Waals surface area contributed by atoms with Crippen molar-refractivity contribution in [2.24, 2.45) is 5.10 Å². The highest BCUT2D eigenvalue weighted by atomic mass is 16.5. The van der Waals surface area contributed by atoms with Crippen LogP contribution < -0.4 is 5.43 Å². The van der Waals surface area contributed by atoms with E-state index in [0.717, 1.165) is 11.1 Å². The summed E-state index contributed by atoms with van der Waals surface area (Å²) in [6.07, 6.45) is 1.43. The fourth-order valence-corrected chi connectivity index (χ4v) is 2.63. The van der Waals surface area contributed by atoms with Crippen molar-refractivity contribution in [2.45, 2.75) is 13.8 Å². The van der Waals surface area contributed by atoms with Crippen LogP contribution in [0, 0.1) is 6.92 Å². The second kappa shape index (κ2) is 8.81. The molecule has 0 radical (unpaired) electrons. The van der Waals surface area contributed by atoms with E-state index in [1.54, 1.807) is 49.4 Å². The van der Waals surface area contributed by atoms with E-state index in [-0.39, 0.29) is 11.9 Å². The SMILES string of the molecule is CCOC(=O)c1cccc(-c2ccc(/C=N/NC(=O)c3ccccc3C)o2)c1. The van der Waals surface area contributed by atoms with Gasteiger partial charge in [-0.05, 0) is 49.7 Å². The molecule has 3 rings (SSSR count). The quantitative estimate of drug-likeness (QED) is 0.397. The van der Waals surface area contributed by atoms with Gasteiger partial charge in [-0.1, -0.05) is 30.3 Å². The van der Waals surface area contributed by atoms with Crippen LogP contribution in [0.1, 0.15) is 39.0 Å². The molecule has 0 spiro atoms. The maximum absolute atomic E-state index is 12.1. The highest BCUT2D eigenvalue weighted by molar-refractivity contribution is 5.96. The number of amides is 1. The number of carbonyl (C=O) groups is 2. The normalized spacial score (nSPS) is 10.8. The first kappa shape index (κ1) is 19.1. The zero-order valence-electron chi connectivity index (χ0n) is 15.6. The van der Waals surface area contributed by atoms with Crippen molar-refractivity contribution in [3.63, 3.8) is 0 Å². The zero-order chi connectivity index (χ0) is 19.9. The molecular formula is C22H20N2O4. The molecule has 0 unspecified atom stereocenters. The molecular weight excluding hydrogens is 356 g/mol. The molecule has 142 valence electrons. The van der Waals surface area contributed by atoms with Gasteiger partial charge in [0.15, 0.2) is 0 Å². The van der Waals surface area contributed by atoms with Crippen LogP contribution in [0.25, 0.3) is 11.3 Å². The van der Waals surface area contributed by atoms with Gasteiger partial charge < -0.3 is 9.15 Å². The van der Waals surface area contributed by atoms with Gasteiger partial charge in [-0.25, -0.2) is 10.2 Å². The molecule has 1 amide bonds. The first-order chi connectivity index (χ1) is 13.6. The van der Waals surface area contributed by atoms with Crippen molar-refractivity contribution in [3.8, 4) is 11.3 Å². The first-order valence-electron chi connectivity index (χ1n) is 8.85. The molecule has 0 aliphatic rings. The van der Waals surface area contributed by atoms with Crippen LogP contribution in [0.15, 0.2) is 70.2 Å². The summed E-state index contributed by atoms with van der Waals surface area (Å²) in [5, 5.41) is 3.94. The zero-order valence-corrected chi connectivity index (χ0v) is 15.6. The molecule has 0 aliphatic heterocycles. The Bertz CT molecular complexity index is 1020. The van der Waals surface area contributed by atoms with E-state index >= 15 is 0 Å². The summed E-state index contributed by atoms with van der Waals surface area (Å²) in [7, 11) is 0. The third-order valence-corrected chi connectivity index (χ3v) is 4.03. The highest BCUT2D eigenvalue weighted by Gasteiger charge is 2.10. The number of hydrazone groups is 1. The van der Waals surface area contributed by atoms with E-state index in [1.165, 1.54) is 6.21 Å². The fourth-order valence-electron chi connectivity index (χ4n) is 2.63. The van der Waals surface area contributed by atoms with E-state index in [2.05, 4.69) is 10.5 Å². The number of esters is 1. The van der Waals surface area contributed by atoms with Crippen molar-refractivity contribution in [2.75, 3.05) is 6.61 Å². The second-order valence-corrected chi connectivity index (χ2v) is 6.02. The minimum Gasteiger partial charge on any atom is -0.462 e. The summed E-state index contributed by atoms with van der Waals surface area (Å²) >= 11 is 0. The summed E-state index contributed by atoms with van der Waals surface area (Å²) in [5.74, 6) is 0.388. The minimum atomic E-state index is -0.378. The number of carbonyl (C=O) groups excluding carboxylic acids is 2. The van der Waals surface area contributed by atoms with Gasteiger partial charge in [-0.3, -0.25) is 4.79 Å². The van der Waals surface area contributed by atoms with Crippen molar-refractivity contribution in [1.29, 1.82) is 0 Å². The monoisotopic (exact) mass is 376 g/mol. The average molecular weight is 376 g/mol. The summed E-state index contributed by atoms with van der Waals surface area (Å²) in [5.41, 5.74) is 5.12. The Hall–Kier alpha value is -3.67. The van der Waals surface area contributed by atoms with Gasteiger partial charge in [0.25, 0.3) is 5.91 Å². The van der Waals surface area contributed by atoms with Crippen LogP contribution in [0.3, 0.4) is 0 Å². The number of nitrogens with zero attached hydrogens (tertiary/aromatic N) is 1. The molecule has 0 saturated carbocycles. The molecule has 3 aromatic rings. The van der Waals surface area contributed by atoms with Gasteiger partial charge in [-0.15, -0.1) is 0 Å². The summed E-state index contributed by atoms with van der Waals surface area (Å²) < 4.78 is 10.7. The molecule has 0 saturated heterocycles. The Kier molecular flexibility index (Phi) is 6.01. The molecule has 1 aromatic heterocycles. The van der Waals surface area contributed by atoms with E-state index in [0.29, 0.717) is 29.3 Å². The summed E-state index contributed by atoms with van der Waals surface area (Å²) in [6, 6.07) is 17.8. The van der Waals surface area contributed by atoms with E-state index in [4.69, 9.17) is 9.15 Å². The molecule has 1 N–H and O–H groups in total. The number of rotatable bonds is 6. The Morgan fingerprint density at radius 3 is 2.71 bits per heavy atom. The van der Waals surface area contributed by atoms with Crippen molar-refractivity contribution in [3.05, 3.63) is 83.1 Å². The predicted octanol–water partition coefficient (Wildman–Crippen LogP) is 4.20. The van der Waals surface area contributed by atoms with Crippen molar-refractivity contribution in [1.82, 2.24) is 5.43 Å². The maximum atomic E-state index is 12.1. The van der Waals surface area contributed by atoms with E-state index < -0.39 is 0 Å². The van der Waals surface area contributed by atoms with Crippen LogP contribution in [-0.4, -0.2) is 24.7 Å². The third-order valence-electron chi connectivity index (χ3n) is 4.03. The van der Waals surface area contributed by atoms with Crippen molar-refractivity contribution < 1.29 is 18.7 Å². The van der Waals surface area contributed by atoms with Crippen LogP contribution in [0.2, 0.25) is 0 Å². The van der Waals surface area contributed by atoms with Gasteiger partial charge in [-0.2, -0.15) is 5.10 Å². The van der Waals surface area contributed by atoms with Gasteiger partial charge >= 0.3 is 5.97 Å². The highest BCUT2D eigenvalue weighted by Crippen LogP contribution is 2.23. The number of hydrogen-bond acceptors (Lipinski definition) is 5. The molecule has 6 heteroatoms. The topological polar surface area (TPSA) is 80.9 Å². The molecule has 0 atom stereocenters. The third kappa shape index (κ3) is 4.54. The van der Waals surface area contributed by atoms with E-state index in [9.17, 15) is 9.59 Å². The molecule has 1 heterocycles. The minimum absolute atomic E-state index is 0.289. The molecule has 6 nitrogen and oxygen atoms in total. The Balaban J connectivity index is 1.68. The van der Waals surface area contributed by atoms with Crippen LogP contribution in [0.4, 0.5) is 0 Å². The molecule has 0 fully saturated rings. The number of furan rings is 1. The summed E-state index contributed by atoms with van der Waals surface area (Å²) in [6.45, 7) is 3.94. The molecule has 2 aromatic carbocycles. The van der Waals surface area contributed by atoms with Gasteiger partial charge in [0.05, 0.1) is 18.4 Å². The number of aryl methyl sites for hydroxylation is 1. The number of ether oxygens (including phenoxy) is 1. The van der Waals surface area contributed by atoms with Gasteiger partial charge in [0, 0.05) is 11.1 Å². The van der Waals surface area contributed by atoms with Crippen molar-refractivity contribution >= 4 is 18.1 Å². The lowest BCUT2D eigenvalue weighted by atomic mass is 10.1. The fraction of sp³-hybridized carbons (Fsp3) is 0.136. The first-order valence-corrected chi connectivity index (χ1v) is 8.85. The smallest absolute Gasteiger partial charge is 0.338 e. The Labute approximate surface area is 162 Å².